The summed E-state index contributed by atoms with van der Waals surface area (Å²) in [5, 5.41) is 3.57. The molecule has 0 aliphatic heterocycles. The largest absolute Gasteiger partial charge is 0.312 e. The van der Waals surface area contributed by atoms with E-state index in [1.54, 1.807) is 0 Å². The van der Waals surface area contributed by atoms with Gasteiger partial charge in [0.05, 0.1) is 0 Å². The van der Waals surface area contributed by atoms with E-state index in [9.17, 15) is 0 Å². The van der Waals surface area contributed by atoms with Crippen molar-refractivity contribution in [3.8, 4) is 0 Å². The van der Waals surface area contributed by atoms with Crippen LogP contribution >= 0.6 is 0 Å². The molecule has 1 aromatic rings. The van der Waals surface area contributed by atoms with Crippen molar-refractivity contribution in [1.29, 1.82) is 0 Å². The lowest BCUT2D eigenvalue weighted by atomic mass is 9.90. The number of hydrogen-bond donors (Lipinski definition) is 1. The Kier molecular flexibility index (Phi) is 5.13. The molecule has 96 valence electrons. The molecular formula is C15H26N2. The van der Waals surface area contributed by atoms with Gasteiger partial charge >= 0.3 is 0 Å². The third kappa shape index (κ3) is 5.83. The van der Waals surface area contributed by atoms with E-state index in [1.807, 2.05) is 12.3 Å². The number of hydrogen-bond acceptors (Lipinski definition) is 2. The van der Waals surface area contributed by atoms with Crippen LogP contribution in [0.15, 0.2) is 24.4 Å². The van der Waals surface area contributed by atoms with E-state index in [4.69, 9.17) is 0 Å². The Balaban J connectivity index is 2.40. The molecule has 2 atom stereocenters. The number of nitrogens with zero attached hydrogens (tertiary/aromatic N) is 1. The van der Waals surface area contributed by atoms with E-state index in [0.29, 0.717) is 11.8 Å². The zero-order valence-electron chi connectivity index (χ0n) is 11.8. The molecule has 0 saturated heterocycles. The highest BCUT2D eigenvalue weighted by molar-refractivity contribution is 5.04. The van der Waals surface area contributed by atoms with Gasteiger partial charge in [-0.1, -0.05) is 19.9 Å². The maximum atomic E-state index is 4.39. The molecule has 1 aromatic heterocycles. The molecular weight excluding hydrogens is 208 g/mol. The van der Waals surface area contributed by atoms with Crippen LogP contribution in [0.1, 0.15) is 40.3 Å². The Morgan fingerprint density at radius 1 is 1.18 bits per heavy atom. The van der Waals surface area contributed by atoms with Crippen molar-refractivity contribution in [3.63, 3.8) is 0 Å². The van der Waals surface area contributed by atoms with Gasteiger partial charge in [-0.05, 0) is 57.7 Å². The minimum absolute atomic E-state index is 0.207. The van der Waals surface area contributed by atoms with E-state index in [-0.39, 0.29) is 5.54 Å². The lowest BCUT2D eigenvalue weighted by Gasteiger charge is -2.26. The first-order valence-corrected chi connectivity index (χ1v) is 6.53. The minimum Gasteiger partial charge on any atom is -0.312 e. The number of pyridine rings is 1. The highest BCUT2D eigenvalue weighted by Crippen LogP contribution is 2.16. The topological polar surface area (TPSA) is 24.9 Å². The molecule has 0 bridgehead atoms. The molecule has 0 spiro atoms. The Labute approximate surface area is 106 Å². The molecule has 1 N–H and O–H groups in total. The van der Waals surface area contributed by atoms with Crippen molar-refractivity contribution in [2.24, 2.45) is 11.8 Å². The summed E-state index contributed by atoms with van der Waals surface area (Å²) in [6, 6.07) is 6.15. The zero-order chi connectivity index (χ0) is 12.9. The minimum atomic E-state index is 0.207. The summed E-state index contributed by atoms with van der Waals surface area (Å²) in [5.41, 5.74) is 1.40. The van der Waals surface area contributed by atoms with E-state index in [1.165, 1.54) is 5.69 Å². The molecule has 0 aromatic carbocycles. The monoisotopic (exact) mass is 234 g/mol. The second kappa shape index (κ2) is 6.15. The van der Waals surface area contributed by atoms with Gasteiger partial charge in [0, 0.05) is 17.4 Å². The predicted octanol–water partition coefficient (Wildman–Crippen LogP) is 3.28. The molecule has 0 fully saturated rings. The van der Waals surface area contributed by atoms with E-state index < -0.39 is 0 Å². The lowest BCUT2D eigenvalue weighted by Crippen LogP contribution is -2.40. The second-order valence-corrected chi connectivity index (χ2v) is 6.11. The first kappa shape index (κ1) is 14.2. The van der Waals surface area contributed by atoms with Crippen LogP contribution < -0.4 is 5.32 Å². The van der Waals surface area contributed by atoms with Crippen LogP contribution in [-0.2, 0) is 6.42 Å². The molecule has 0 aliphatic rings. The Hall–Kier alpha value is -0.890. The second-order valence-electron chi connectivity index (χ2n) is 6.11. The van der Waals surface area contributed by atoms with Crippen molar-refractivity contribution in [3.05, 3.63) is 30.1 Å². The molecule has 2 heteroatoms. The first-order chi connectivity index (χ1) is 7.88. The fraction of sp³-hybridized carbons (Fsp3) is 0.667. The Bertz CT molecular complexity index is 313. The maximum absolute atomic E-state index is 4.39. The van der Waals surface area contributed by atoms with E-state index in [0.717, 1.165) is 13.0 Å². The first-order valence-electron chi connectivity index (χ1n) is 6.53. The van der Waals surface area contributed by atoms with Gasteiger partial charge in [0.15, 0.2) is 0 Å². The van der Waals surface area contributed by atoms with Gasteiger partial charge in [-0.3, -0.25) is 4.98 Å². The predicted molar refractivity (Wildman–Crippen MR) is 74.0 cm³/mol. The average Bonchev–Trinajstić information content (AvgIpc) is 2.26. The van der Waals surface area contributed by atoms with Gasteiger partial charge in [0.2, 0.25) is 0 Å². The summed E-state index contributed by atoms with van der Waals surface area (Å²) in [4.78, 5) is 4.39. The highest BCUT2D eigenvalue weighted by Gasteiger charge is 2.16. The number of nitrogens with one attached hydrogen (secondary N) is 1. The van der Waals surface area contributed by atoms with Gasteiger partial charge in [0.1, 0.15) is 0 Å². The average molecular weight is 234 g/mol. The number of rotatable bonds is 5. The normalized spacial score (nSPS) is 15.6. The summed E-state index contributed by atoms with van der Waals surface area (Å²) in [6.45, 7) is 12.3. The third-order valence-electron chi connectivity index (χ3n) is 3.18. The van der Waals surface area contributed by atoms with Crippen LogP contribution in [0.25, 0.3) is 0 Å². The lowest BCUT2D eigenvalue weighted by molar-refractivity contribution is 0.316. The van der Waals surface area contributed by atoms with Crippen molar-refractivity contribution in [2.45, 2.75) is 46.6 Å². The van der Waals surface area contributed by atoms with Crippen LogP contribution in [-0.4, -0.2) is 17.1 Å². The van der Waals surface area contributed by atoms with Gasteiger partial charge in [-0.15, -0.1) is 0 Å². The fourth-order valence-corrected chi connectivity index (χ4v) is 1.72. The highest BCUT2D eigenvalue weighted by atomic mass is 14.9. The van der Waals surface area contributed by atoms with Crippen molar-refractivity contribution >= 4 is 0 Å². The maximum Gasteiger partial charge on any atom is 0.0406 e. The molecule has 0 amide bonds. The molecule has 0 radical (unpaired) electrons. The van der Waals surface area contributed by atoms with Crippen LogP contribution in [0, 0.1) is 11.8 Å². The van der Waals surface area contributed by atoms with Crippen molar-refractivity contribution < 1.29 is 0 Å². The molecule has 0 saturated carbocycles. The van der Waals surface area contributed by atoms with Crippen molar-refractivity contribution in [1.82, 2.24) is 10.3 Å². The van der Waals surface area contributed by atoms with Gasteiger partial charge in [0.25, 0.3) is 0 Å². The summed E-state index contributed by atoms with van der Waals surface area (Å²) in [5.74, 6) is 1.32. The molecule has 2 unspecified atom stereocenters. The molecule has 1 heterocycles. The third-order valence-corrected chi connectivity index (χ3v) is 3.18. The van der Waals surface area contributed by atoms with Gasteiger partial charge < -0.3 is 5.32 Å². The van der Waals surface area contributed by atoms with E-state index >= 15 is 0 Å². The van der Waals surface area contributed by atoms with Crippen molar-refractivity contribution in [2.75, 3.05) is 6.54 Å². The molecule has 0 aliphatic carbocycles. The molecule has 2 nitrogen and oxygen atoms in total. The smallest absolute Gasteiger partial charge is 0.0406 e. The fourth-order valence-electron chi connectivity index (χ4n) is 1.72. The van der Waals surface area contributed by atoms with Gasteiger partial charge in [-0.25, -0.2) is 0 Å². The summed E-state index contributed by atoms with van der Waals surface area (Å²) < 4.78 is 0. The van der Waals surface area contributed by atoms with E-state index in [2.05, 4.69) is 57.1 Å². The Morgan fingerprint density at radius 2 is 1.88 bits per heavy atom. The van der Waals surface area contributed by atoms with Crippen LogP contribution in [0.4, 0.5) is 0 Å². The summed E-state index contributed by atoms with van der Waals surface area (Å²) in [6.07, 6.45) is 2.94. The van der Waals surface area contributed by atoms with Crippen LogP contribution in [0.3, 0.4) is 0 Å². The molecule has 1 rings (SSSR count). The summed E-state index contributed by atoms with van der Waals surface area (Å²) in [7, 11) is 0. The number of aromatic nitrogens is 1. The SMILES string of the molecule is CC(CNC(C)(C)C)C(C)Cc1ccccn1. The zero-order valence-corrected chi connectivity index (χ0v) is 11.8. The molecule has 17 heavy (non-hydrogen) atoms. The summed E-state index contributed by atoms with van der Waals surface area (Å²) >= 11 is 0. The van der Waals surface area contributed by atoms with Crippen LogP contribution in [0.5, 0.6) is 0 Å². The standard InChI is InChI=1S/C15H26N2/c1-12(10-14-8-6-7-9-16-14)13(2)11-17-15(3,4)5/h6-9,12-13,17H,10-11H2,1-5H3. The quantitative estimate of drug-likeness (QED) is 0.845. The van der Waals surface area contributed by atoms with Gasteiger partial charge in [-0.2, -0.15) is 0 Å². The Morgan fingerprint density at radius 3 is 2.41 bits per heavy atom. The van der Waals surface area contributed by atoms with Crippen LogP contribution in [0.2, 0.25) is 0 Å².